The summed E-state index contributed by atoms with van der Waals surface area (Å²) in [6.07, 6.45) is 0.833. The molecule has 80 valence electrons. The van der Waals surface area contributed by atoms with Gasteiger partial charge in [0.25, 0.3) is 0 Å². The van der Waals surface area contributed by atoms with Crippen LogP contribution in [-0.4, -0.2) is 27.3 Å². The predicted octanol–water partition coefficient (Wildman–Crippen LogP) is 1.35. The van der Waals surface area contributed by atoms with Gasteiger partial charge in [-0.3, -0.25) is 0 Å². The lowest BCUT2D eigenvalue weighted by atomic mass is 10.2. The van der Waals surface area contributed by atoms with Gasteiger partial charge in [-0.2, -0.15) is 0 Å². The number of aromatic carboxylic acids is 1. The molecule has 0 aliphatic carbocycles. The Labute approximate surface area is 85.9 Å². The fourth-order valence-corrected chi connectivity index (χ4v) is 0.654. The minimum absolute atomic E-state index is 0.0671. The van der Waals surface area contributed by atoms with Crippen LogP contribution in [0, 0.1) is 0 Å². The SMILES string of the molecule is C=CC(=O)O.O=C(O)c1ccccc1O. The van der Waals surface area contributed by atoms with Crippen molar-refractivity contribution >= 4 is 11.9 Å². The Kier molecular flexibility index (Phi) is 5.25. The first-order valence-corrected chi connectivity index (χ1v) is 3.85. The minimum atomic E-state index is -1.11. The van der Waals surface area contributed by atoms with E-state index < -0.39 is 11.9 Å². The highest BCUT2D eigenvalue weighted by atomic mass is 16.4. The summed E-state index contributed by atoms with van der Waals surface area (Å²) in [5.41, 5.74) is -0.0671. The van der Waals surface area contributed by atoms with Gasteiger partial charge in [0, 0.05) is 6.08 Å². The van der Waals surface area contributed by atoms with Crippen LogP contribution in [0.3, 0.4) is 0 Å². The summed E-state index contributed by atoms with van der Waals surface area (Å²) in [7, 11) is 0. The summed E-state index contributed by atoms with van der Waals surface area (Å²) in [6, 6.07) is 5.81. The van der Waals surface area contributed by atoms with Crippen LogP contribution in [0.5, 0.6) is 5.75 Å². The van der Waals surface area contributed by atoms with Gasteiger partial charge in [-0.1, -0.05) is 18.7 Å². The Morgan fingerprint density at radius 1 is 1.20 bits per heavy atom. The van der Waals surface area contributed by atoms with Crippen LogP contribution in [-0.2, 0) is 4.79 Å². The van der Waals surface area contributed by atoms with Crippen molar-refractivity contribution in [1.29, 1.82) is 0 Å². The molecule has 0 radical (unpaired) electrons. The molecule has 0 unspecified atom stereocenters. The largest absolute Gasteiger partial charge is 0.507 e. The molecule has 0 heterocycles. The number of carboxylic acid groups (broad SMARTS) is 2. The summed E-state index contributed by atoms with van der Waals surface area (Å²) in [4.78, 5) is 19.5. The van der Waals surface area contributed by atoms with Gasteiger partial charge in [-0.15, -0.1) is 0 Å². The molecule has 0 spiro atoms. The Hall–Kier alpha value is -2.30. The van der Waals surface area contributed by atoms with Crippen LogP contribution in [0.4, 0.5) is 0 Å². The van der Waals surface area contributed by atoms with E-state index in [4.69, 9.17) is 15.3 Å². The molecule has 1 rings (SSSR count). The lowest BCUT2D eigenvalue weighted by molar-refractivity contribution is -0.131. The van der Waals surface area contributed by atoms with Crippen molar-refractivity contribution in [2.24, 2.45) is 0 Å². The number of aliphatic carboxylic acids is 1. The zero-order chi connectivity index (χ0) is 11.8. The Balaban J connectivity index is 0.000000336. The smallest absolute Gasteiger partial charge is 0.339 e. The van der Waals surface area contributed by atoms with Crippen LogP contribution in [0.25, 0.3) is 0 Å². The molecule has 0 saturated carbocycles. The second-order valence-corrected chi connectivity index (χ2v) is 2.36. The maximum Gasteiger partial charge on any atom is 0.339 e. The molecule has 0 aliphatic rings. The molecule has 0 saturated heterocycles. The average molecular weight is 210 g/mol. The van der Waals surface area contributed by atoms with E-state index in [9.17, 15) is 9.59 Å². The number of phenols is 1. The van der Waals surface area contributed by atoms with Gasteiger partial charge in [-0.25, -0.2) is 9.59 Å². The van der Waals surface area contributed by atoms with Gasteiger partial charge >= 0.3 is 11.9 Å². The van der Waals surface area contributed by atoms with E-state index in [2.05, 4.69) is 6.58 Å². The van der Waals surface area contributed by atoms with Crippen LogP contribution in [0.1, 0.15) is 10.4 Å². The molecule has 1 aromatic carbocycles. The molecule has 0 amide bonds. The third-order valence-electron chi connectivity index (χ3n) is 1.31. The Morgan fingerprint density at radius 3 is 1.93 bits per heavy atom. The topological polar surface area (TPSA) is 94.8 Å². The first kappa shape index (κ1) is 12.7. The van der Waals surface area contributed by atoms with E-state index in [0.29, 0.717) is 0 Å². The van der Waals surface area contributed by atoms with E-state index in [-0.39, 0.29) is 11.3 Å². The van der Waals surface area contributed by atoms with Crippen LogP contribution < -0.4 is 0 Å². The quantitative estimate of drug-likeness (QED) is 0.640. The predicted molar refractivity (Wildman–Crippen MR) is 52.9 cm³/mol. The summed E-state index contributed by atoms with van der Waals surface area (Å²) in [5.74, 6) is -2.29. The fraction of sp³-hybridized carbons (Fsp3) is 0. The molecule has 15 heavy (non-hydrogen) atoms. The van der Waals surface area contributed by atoms with Crippen LogP contribution in [0.2, 0.25) is 0 Å². The van der Waals surface area contributed by atoms with Crippen molar-refractivity contribution in [3.05, 3.63) is 42.5 Å². The van der Waals surface area contributed by atoms with Crippen molar-refractivity contribution < 1.29 is 24.9 Å². The highest BCUT2D eigenvalue weighted by molar-refractivity contribution is 5.90. The van der Waals surface area contributed by atoms with Gasteiger partial charge in [-0.05, 0) is 12.1 Å². The molecule has 0 aliphatic heterocycles. The van der Waals surface area contributed by atoms with Crippen molar-refractivity contribution in [2.75, 3.05) is 0 Å². The monoisotopic (exact) mass is 210 g/mol. The first-order chi connectivity index (χ1) is 6.99. The summed E-state index contributed by atoms with van der Waals surface area (Å²) in [6.45, 7) is 2.96. The van der Waals surface area contributed by atoms with Gasteiger partial charge in [0.15, 0.2) is 0 Å². The lowest BCUT2D eigenvalue weighted by Crippen LogP contribution is -1.95. The first-order valence-electron chi connectivity index (χ1n) is 3.85. The molecule has 5 heteroatoms. The zero-order valence-electron chi connectivity index (χ0n) is 7.75. The molecule has 1 aromatic rings. The maximum absolute atomic E-state index is 10.3. The number of hydrogen-bond donors (Lipinski definition) is 3. The molecule has 0 fully saturated rings. The third-order valence-corrected chi connectivity index (χ3v) is 1.31. The van der Waals surface area contributed by atoms with Crippen molar-refractivity contribution in [2.45, 2.75) is 0 Å². The second kappa shape index (κ2) is 6.20. The van der Waals surface area contributed by atoms with Gasteiger partial charge in [0.05, 0.1) is 0 Å². The van der Waals surface area contributed by atoms with Crippen molar-refractivity contribution in [1.82, 2.24) is 0 Å². The number of carbonyl (C=O) groups is 2. The number of rotatable bonds is 2. The minimum Gasteiger partial charge on any atom is -0.507 e. The highest BCUT2D eigenvalue weighted by Crippen LogP contribution is 2.14. The molecule has 0 bridgehead atoms. The highest BCUT2D eigenvalue weighted by Gasteiger charge is 2.05. The van der Waals surface area contributed by atoms with Gasteiger partial charge in [0.1, 0.15) is 11.3 Å². The molecule has 3 N–H and O–H groups in total. The van der Waals surface area contributed by atoms with E-state index in [1.54, 1.807) is 12.1 Å². The number of benzene rings is 1. The van der Waals surface area contributed by atoms with Crippen LogP contribution in [0.15, 0.2) is 36.9 Å². The fourth-order valence-electron chi connectivity index (χ4n) is 0.654. The molecule has 0 aromatic heterocycles. The number of para-hydroxylation sites is 1. The summed E-state index contributed by atoms with van der Waals surface area (Å²) < 4.78 is 0. The lowest BCUT2D eigenvalue weighted by Gasteiger charge is -1.95. The van der Waals surface area contributed by atoms with Crippen molar-refractivity contribution in [3.8, 4) is 5.75 Å². The van der Waals surface area contributed by atoms with Gasteiger partial charge in [0.2, 0.25) is 0 Å². The number of hydrogen-bond acceptors (Lipinski definition) is 3. The second-order valence-electron chi connectivity index (χ2n) is 2.36. The Morgan fingerprint density at radius 2 is 1.67 bits per heavy atom. The maximum atomic E-state index is 10.3. The standard InChI is InChI=1S/C7H6O3.C3H4O2/c8-6-4-2-1-3-5(6)7(9)10;1-2-3(4)5/h1-4,8H,(H,9,10);2H,1H2,(H,4,5). The zero-order valence-corrected chi connectivity index (χ0v) is 7.75. The van der Waals surface area contributed by atoms with E-state index >= 15 is 0 Å². The number of carboxylic acids is 2. The summed E-state index contributed by atoms with van der Waals surface area (Å²) in [5, 5.41) is 24.9. The molecule has 0 atom stereocenters. The van der Waals surface area contributed by atoms with Crippen molar-refractivity contribution in [3.63, 3.8) is 0 Å². The molecular weight excluding hydrogens is 200 g/mol. The third kappa shape index (κ3) is 5.09. The number of aromatic hydroxyl groups is 1. The van der Waals surface area contributed by atoms with E-state index in [1.807, 2.05) is 0 Å². The van der Waals surface area contributed by atoms with E-state index in [0.717, 1.165) is 6.08 Å². The molecule has 5 nitrogen and oxygen atoms in total. The molecular formula is C10H10O5. The van der Waals surface area contributed by atoms with E-state index in [1.165, 1.54) is 12.1 Å². The Bertz CT molecular complexity index is 370. The van der Waals surface area contributed by atoms with Crippen LogP contribution >= 0.6 is 0 Å². The summed E-state index contributed by atoms with van der Waals surface area (Å²) >= 11 is 0. The average Bonchev–Trinajstić information content (AvgIpc) is 2.19. The van der Waals surface area contributed by atoms with Gasteiger partial charge < -0.3 is 15.3 Å². The normalized spacial score (nSPS) is 8.27.